The first kappa shape index (κ1) is 15.6. The van der Waals surface area contributed by atoms with E-state index in [1.807, 2.05) is 24.3 Å². The quantitative estimate of drug-likeness (QED) is 0.642. The Morgan fingerprint density at radius 1 is 1.25 bits per heavy atom. The summed E-state index contributed by atoms with van der Waals surface area (Å²) in [4.78, 5) is 14.5. The Morgan fingerprint density at radius 2 is 1.85 bits per heavy atom. The van der Waals surface area contributed by atoms with Gasteiger partial charge in [0, 0.05) is 29.4 Å². The minimum atomic E-state index is -0.803. The van der Waals surface area contributed by atoms with Gasteiger partial charge < -0.3 is 15.1 Å². The van der Waals surface area contributed by atoms with Crippen molar-refractivity contribution in [3.8, 4) is 0 Å². The first-order valence-corrected chi connectivity index (χ1v) is 7.95. The van der Waals surface area contributed by atoms with Gasteiger partial charge in [0.2, 0.25) is 5.91 Å². The van der Waals surface area contributed by atoms with Crippen molar-refractivity contribution in [1.82, 2.24) is 4.90 Å². The molecule has 1 aromatic rings. The Labute approximate surface area is 127 Å². The highest BCUT2D eigenvalue weighted by atomic mass is 35.5. The van der Waals surface area contributed by atoms with Gasteiger partial charge in [-0.3, -0.25) is 4.79 Å². The molecule has 0 aromatic heterocycles. The minimum absolute atomic E-state index is 0.00249. The monoisotopic (exact) mass is 315 g/mol. The van der Waals surface area contributed by atoms with E-state index in [-0.39, 0.29) is 19.0 Å². The zero-order valence-corrected chi connectivity index (χ0v) is 12.6. The number of β-amino-alcohol motifs (C(OH)–C–C–N with tert-alkyl or cyclic N) is 2. The third-order valence-electron chi connectivity index (χ3n) is 3.23. The molecule has 0 bridgehead atoms. The molecule has 2 N–H and O–H groups in total. The fourth-order valence-corrected chi connectivity index (χ4v) is 3.05. The summed E-state index contributed by atoms with van der Waals surface area (Å²) in [5, 5.41) is 19.5. The molecule has 6 heteroatoms. The Morgan fingerprint density at radius 3 is 2.45 bits per heavy atom. The van der Waals surface area contributed by atoms with Crippen LogP contribution in [0.15, 0.2) is 29.2 Å². The number of carbonyl (C=O) groups excluding carboxylic acids is 1. The van der Waals surface area contributed by atoms with Crippen LogP contribution in [-0.2, 0) is 4.79 Å². The molecule has 0 radical (unpaired) electrons. The lowest BCUT2D eigenvalue weighted by Gasteiger charge is -2.14. The summed E-state index contributed by atoms with van der Waals surface area (Å²) in [6, 6.07) is 7.62. The third kappa shape index (κ3) is 4.38. The van der Waals surface area contributed by atoms with E-state index in [9.17, 15) is 15.0 Å². The molecular weight excluding hydrogens is 298 g/mol. The van der Waals surface area contributed by atoms with Crippen LogP contribution < -0.4 is 0 Å². The molecule has 1 heterocycles. The van der Waals surface area contributed by atoms with Gasteiger partial charge in [-0.25, -0.2) is 0 Å². The van der Waals surface area contributed by atoms with Gasteiger partial charge in [-0.15, -0.1) is 11.8 Å². The molecule has 2 atom stereocenters. The Hall–Kier alpha value is -0.750. The van der Waals surface area contributed by atoms with Gasteiger partial charge in [0.1, 0.15) is 0 Å². The van der Waals surface area contributed by atoms with E-state index in [1.165, 1.54) is 4.90 Å². The van der Waals surface area contributed by atoms with Gasteiger partial charge in [-0.05, 0) is 36.4 Å². The van der Waals surface area contributed by atoms with Crippen LogP contribution in [0.4, 0.5) is 0 Å². The van der Waals surface area contributed by atoms with Crippen LogP contribution in [0, 0.1) is 0 Å². The number of hydrogen-bond acceptors (Lipinski definition) is 4. The summed E-state index contributed by atoms with van der Waals surface area (Å²) < 4.78 is 0. The van der Waals surface area contributed by atoms with Crippen LogP contribution in [0.1, 0.15) is 12.8 Å². The number of hydrogen-bond donors (Lipinski definition) is 2. The second kappa shape index (κ2) is 7.31. The highest BCUT2D eigenvalue weighted by Gasteiger charge is 2.31. The average molecular weight is 316 g/mol. The fourth-order valence-electron chi connectivity index (χ4n) is 2.08. The van der Waals surface area contributed by atoms with Gasteiger partial charge >= 0.3 is 0 Å². The first-order valence-electron chi connectivity index (χ1n) is 6.58. The number of rotatable bonds is 5. The van der Waals surface area contributed by atoms with Crippen molar-refractivity contribution in [3.05, 3.63) is 29.3 Å². The number of benzene rings is 1. The molecule has 1 saturated heterocycles. The van der Waals surface area contributed by atoms with Crippen LogP contribution in [-0.4, -0.2) is 52.1 Å². The van der Waals surface area contributed by atoms with Crippen molar-refractivity contribution in [2.24, 2.45) is 0 Å². The number of nitrogens with zero attached hydrogens (tertiary/aromatic N) is 1. The van der Waals surface area contributed by atoms with Crippen LogP contribution in [0.25, 0.3) is 0 Å². The van der Waals surface area contributed by atoms with Gasteiger partial charge in [0.05, 0.1) is 12.2 Å². The molecule has 0 saturated carbocycles. The highest BCUT2D eigenvalue weighted by molar-refractivity contribution is 7.99. The molecule has 0 spiro atoms. The van der Waals surface area contributed by atoms with Gasteiger partial charge in [0.15, 0.2) is 0 Å². The average Bonchev–Trinajstić information content (AvgIpc) is 2.77. The third-order valence-corrected chi connectivity index (χ3v) is 4.58. The molecule has 4 nitrogen and oxygen atoms in total. The number of amides is 1. The van der Waals surface area contributed by atoms with E-state index >= 15 is 0 Å². The predicted octanol–water partition coefficient (Wildman–Crippen LogP) is 1.78. The molecule has 20 heavy (non-hydrogen) atoms. The summed E-state index contributed by atoms with van der Waals surface area (Å²) in [6.07, 6.45) is -0.390. The van der Waals surface area contributed by atoms with Crippen molar-refractivity contribution >= 4 is 29.3 Å². The predicted molar refractivity (Wildman–Crippen MR) is 80.0 cm³/mol. The molecule has 110 valence electrons. The van der Waals surface area contributed by atoms with Crippen LogP contribution in [0.3, 0.4) is 0 Å². The van der Waals surface area contributed by atoms with Crippen LogP contribution in [0.5, 0.6) is 0 Å². The van der Waals surface area contributed by atoms with E-state index in [1.54, 1.807) is 11.8 Å². The number of aliphatic hydroxyl groups excluding tert-OH is 2. The van der Waals surface area contributed by atoms with E-state index in [0.717, 1.165) is 22.1 Å². The van der Waals surface area contributed by atoms with E-state index in [2.05, 4.69) is 0 Å². The van der Waals surface area contributed by atoms with Crippen LogP contribution in [0.2, 0.25) is 5.02 Å². The zero-order valence-electron chi connectivity index (χ0n) is 11.0. The summed E-state index contributed by atoms with van der Waals surface area (Å²) in [6.45, 7) is 0.481. The van der Waals surface area contributed by atoms with Crippen molar-refractivity contribution in [3.63, 3.8) is 0 Å². The maximum Gasteiger partial charge on any atom is 0.222 e. The highest BCUT2D eigenvalue weighted by Crippen LogP contribution is 2.21. The number of aliphatic hydroxyl groups is 2. The lowest BCUT2D eigenvalue weighted by molar-refractivity contribution is -0.130. The molecular formula is C14H18ClNO3S. The maximum atomic E-state index is 11.9. The van der Waals surface area contributed by atoms with Crippen molar-refractivity contribution < 1.29 is 15.0 Å². The molecule has 1 aromatic carbocycles. The summed E-state index contributed by atoms with van der Waals surface area (Å²) in [5.41, 5.74) is 0. The summed E-state index contributed by atoms with van der Waals surface area (Å²) in [7, 11) is 0. The second-order valence-electron chi connectivity index (χ2n) is 4.84. The molecule has 0 unspecified atom stereocenters. The molecule has 1 aliphatic heterocycles. The molecule has 0 aliphatic carbocycles. The number of likely N-dealkylation sites (tertiary alicyclic amines) is 1. The number of carbonyl (C=O) groups is 1. The van der Waals surface area contributed by atoms with E-state index in [0.29, 0.717) is 6.42 Å². The molecule has 1 aliphatic rings. The van der Waals surface area contributed by atoms with E-state index < -0.39 is 12.2 Å². The van der Waals surface area contributed by atoms with E-state index in [4.69, 9.17) is 11.6 Å². The standard InChI is InChI=1S/C14H18ClNO3S/c15-10-3-5-11(6-4-10)20-7-1-2-14(19)16-8-12(17)13(18)9-16/h3-6,12-13,17-18H,1-2,7-9H2/t12-,13+. The number of thioether (sulfide) groups is 1. The topological polar surface area (TPSA) is 60.8 Å². The Balaban J connectivity index is 1.66. The smallest absolute Gasteiger partial charge is 0.222 e. The fraction of sp³-hybridized carbons (Fsp3) is 0.500. The zero-order chi connectivity index (χ0) is 14.5. The largest absolute Gasteiger partial charge is 0.388 e. The Bertz CT molecular complexity index is 444. The molecule has 1 fully saturated rings. The lowest BCUT2D eigenvalue weighted by Crippen LogP contribution is -2.29. The minimum Gasteiger partial charge on any atom is -0.388 e. The Kier molecular flexibility index (Phi) is 5.72. The normalized spacial score (nSPS) is 22.2. The van der Waals surface area contributed by atoms with Gasteiger partial charge in [-0.1, -0.05) is 11.6 Å². The number of halogens is 1. The molecule has 2 rings (SSSR count). The van der Waals surface area contributed by atoms with Gasteiger partial charge in [0.25, 0.3) is 0 Å². The first-order chi connectivity index (χ1) is 9.56. The summed E-state index contributed by atoms with van der Waals surface area (Å²) in [5.74, 6) is 0.851. The van der Waals surface area contributed by atoms with Crippen molar-refractivity contribution in [1.29, 1.82) is 0 Å². The van der Waals surface area contributed by atoms with Crippen molar-refractivity contribution in [2.45, 2.75) is 29.9 Å². The lowest BCUT2D eigenvalue weighted by atomic mass is 10.3. The maximum absolute atomic E-state index is 11.9. The molecule has 1 amide bonds. The second-order valence-corrected chi connectivity index (χ2v) is 6.44. The van der Waals surface area contributed by atoms with Crippen LogP contribution >= 0.6 is 23.4 Å². The van der Waals surface area contributed by atoms with Gasteiger partial charge in [-0.2, -0.15) is 0 Å². The summed E-state index contributed by atoms with van der Waals surface area (Å²) >= 11 is 7.50. The SMILES string of the molecule is O=C(CCCSc1ccc(Cl)cc1)N1C[C@@H](O)[C@@H](O)C1. The van der Waals surface area contributed by atoms with Crippen molar-refractivity contribution in [2.75, 3.05) is 18.8 Å².